The third kappa shape index (κ3) is 4.96. The highest BCUT2D eigenvalue weighted by Crippen LogP contribution is 2.28. The molecular weight excluding hydrogens is 470 g/mol. The normalized spacial score (nSPS) is 14.8. The molecule has 9 heteroatoms. The van der Waals surface area contributed by atoms with Crippen molar-refractivity contribution in [2.24, 2.45) is 0 Å². The van der Waals surface area contributed by atoms with E-state index in [1.807, 2.05) is 24.3 Å². The monoisotopic (exact) mass is 495 g/mol. The lowest BCUT2D eigenvalue weighted by Gasteiger charge is -2.37. The summed E-state index contributed by atoms with van der Waals surface area (Å²) in [6.07, 6.45) is 0. The van der Waals surface area contributed by atoms with Gasteiger partial charge >= 0.3 is 0 Å². The Morgan fingerprint density at radius 2 is 1.70 bits per heavy atom. The van der Waals surface area contributed by atoms with Crippen LogP contribution in [-0.4, -0.2) is 69.9 Å². The molecule has 30 heavy (non-hydrogen) atoms. The summed E-state index contributed by atoms with van der Waals surface area (Å²) in [5.41, 5.74) is 1.00. The highest BCUT2D eigenvalue weighted by atomic mass is 79.9. The Hall–Kier alpha value is -2.10. The van der Waals surface area contributed by atoms with Crippen LogP contribution >= 0.6 is 15.9 Å². The van der Waals surface area contributed by atoms with Gasteiger partial charge in [0.25, 0.3) is 0 Å². The first-order chi connectivity index (χ1) is 14.4. The van der Waals surface area contributed by atoms with Gasteiger partial charge in [-0.1, -0.05) is 35.0 Å². The number of methoxy groups -OCH3 is 1. The van der Waals surface area contributed by atoms with Gasteiger partial charge in [-0.15, -0.1) is 0 Å². The Labute approximate surface area is 186 Å². The molecule has 1 heterocycles. The van der Waals surface area contributed by atoms with Crippen LogP contribution in [0.4, 0.5) is 5.69 Å². The number of likely N-dealkylation sites (N-methyl/N-ethyl adjacent to an activating group) is 1. The Morgan fingerprint density at radius 1 is 1.07 bits per heavy atom. The fourth-order valence-electron chi connectivity index (χ4n) is 3.46. The third-order valence-electron chi connectivity index (χ3n) is 5.17. The maximum absolute atomic E-state index is 12.9. The van der Waals surface area contributed by atoms with Crippen molar-refractivity contribution >= 4 is 37.5 Å². The number of rotatable bonds is 7. The van der Waals surface area contributed by atoms with E-state index >= 15 is 0 Å². The van der Waals surface area contributed by atoms with Crippen LogP contribution in [0, 0.1) is 0 Å². The molecule has 0 saturated carbocycles. The summed E-state index contributed by atoms with van der Waals surface area (Å²) in [5, 5.41) is 0. The van der Waals surface area contributed by atoms with Crippen LogP contribution in [0.15, 0.2) is 57.9 Å². The first-order valence-corrected chi connectivity index (χ1v) is 12.0. The predicted octanol–water partition coefficient (Wildman–Crippen LogP) is 2.82. The number of hydrogen-bond donors (Lipinski definition) is 0. The van der Waals surface area contributed by atoms with Crippen LogP contribution in [-0.2, 0) is 14.8 Å². The van der Waals surface area contributed by atoms with Crippen LogP contribution in [0.1, 0.15) is 6.92 Å². The van der Waals surface area contributed by atoms with Crippen LogP contribution in [0.2, 0.25) is 0 Å². The van der Waals surface area contributed by atoms with Crippen molar-refractivity contribution in [3.63, 3.8) is 0 Å². The molecule has 7 nitrogen and oxygen atoms in total. The van der Waals surface area contributed by atoms with Crippen LogP contribution in [0.3, 0.4) is 0 Å². The molecule has 0 bridgehead atoms. The van der Waals surface area contributed by atoms with Gasteiger partial charge in [0.1, 0.15) is 5.75 Å². The minimum atomic E-state index is -3.73. The van der Waals surface area contributed by atoms with Crippen molar-refractivity contribution in [2.75, 3.05) is 51.3 Å². The zero-order valence-electron chi connectivity index (χ0n) is 17.1. The molecule has 2 aromatic rings. The van der Waals surface area contributed by atoms with E-state index < -0.39 is 10.0 Å². The number of hydrogen-bond acceptors (Lipinski definition) is 5. The van der Waals surface area contributed by atoms with Gasteiger partial charge in [-0.25, -0.2) is 8.42 Å². The molecule has 0 N–H and O–H groups in total. The molecule has 1 fully saturated rings. The van der Waals surface area contributed by atoms with Gasteiger partial charge in [0.15, 0.2) is 0 Å². The first kappa shape index (κ1) is 22.6. The number of carbonyl (C=O) groups is 1. The Bertz CT molecular complexity index is 974. The minimum absolute atomic E-state index is 0.163. The lowest BCUT2D eigenvalue weighted by molar-refractivity contribution is -0.131. The molecule has 1 saturated heterocycles. The second kappa shape index (κ2) is 9.80. The van der Waals surface area contributed by atoms with E-state index in [9.17, 15) is 13.2 Å². The number of nitrogens with zero attached hydrogens (tertiary/aromatic N) is 3. The minimum Gasteiger partial charge on any atom is -0.495 e. The first-order valence-electron chi connectivity index (χ1n) is 9.78. The van der Waals surface area contributed by atoms with E-state index in [4.69, 9.17) is 4.74 Å². The number of piperazine rings is 1. The Morgan fingerprint density at radius 3 is 2.30 bits per heavy atom. The van der Waals surface area contributed by atoms with Crippen LogP contribution < -0.4 is 9.64 Å². The molecule has 1 aliphatic rings. The fraction of sp³-hybridized carbons (Fsp3) is 0.381. The van der Waals surface area contributed by atoms with Gasteiger partial charge < -0.3 is 14.5 Å². The standard InChI is InChI=1S/C21H26BrN3O4S/c1-3-25(30(27,28)18-10-8-17(22)9-11-18)16-21(26)24-14-12-23(13-15-24)19-6-4-5-7-20(19)29-2/h4-11H,3,12-16H2,1-2H3. The van der Waals surface area contributed by atoms with Crippen molar-refractivity contribution in [1.29, 1.82) is 0 Å². The van der Waals surface area contributed by atoms with Crippen molar-refractivity contribution in [2.45, 2.75) is 11.8 Å². The number of benzene rings is 2. The zero-order chi connectivity index (χ0) is 21.7. The number of ether oxygens (including phenoxy) is 1. The van der Waals surface area contributed by atoms with Gasteiger partial charge in [0, 0.05) is 37.2 Å². The van der Waals surface area contributed by atoms with E-state index in [1.54, 1.807) is 43.2 Å². The third-order valence-corrected chi connectivity index (χ3v) is 7.64. The Balaban J connectivity index is 1.64. The quantitative estimate of drug-likeness (QED) is 0.590. The van der Waals surface area contributed by atoms with E-state index in [1.165, 1.54) is 4.31 Å². The molecule has 1 amide bonds. The second-order valence-corrected chi connectivity index (χ2v) is 9.78. The molecule has 0 unspecified atom stereocenters. The fourth-order valence-corrected chi connectivity index (χ4v) is 5.12. The summed E-state index contributed by atoms with van der Waals surface area (Å²) < 4.78 is 33.3. The molecule has 1 aliphatic heterocycles. The predicted molar refractivity (Wildman–Crippen MR) is 120 cm³/mol. The molecule has 3 rings (SSSR count). The Kier molecular flexibility index (Phi) is 7.38. The van der Waals surface area contributed by atoms with Crippen molar-refractivity contribution < 1.29 is 17.9 Å². The molecule has 0 aliphatic carbocycles. The van der Waals surface area contributed by atoms with Crippen LogP contribution in [0.25, 0.3) is 0 Å². The van der Waals surface area contributed by atoms with Crippen molar-refractivity contribution in [3.8, 4) is 5.75 Å². The van der Waals surface area contributed by atoms with Crippen molar-refractivity contribution in [1.82, 2.24) is 9.21 Å². The summed E-state index contributed by atoms with van der Waals surface area (Å²) in [6.45, 7) is 4.20. The number of carbonyl (C=O) groups excluding carboxylic acids is 1. The second-order valence-electron chi connectivity index (χ2n) is 6.92. The SMILES string of the molecule is CCN(CC(=O)N1CCN(c2ccccc2OC)CC1)S(=O)(=O)c1ccc(Br)cc1. The van der Waals surface area contributed by atoms with Gasteiger partial charge in [0.2, 0.25) is 15.9 Å². The van der Waals surface area contributed by atoms with Gasteiger partial charge in [-0.05, 0) is 36.4 Å². The molecular formula is C21H26BrN3O4S. The van der Waals surface area contributed by atoms with Gasteiger partial charge in [-0.3, -0.25) is 4.79 Å². The molecule has 0 atom stereocenters. The number of anilines is 1. The molecule has 162 valence electrons. The highest BCUT2D eigenvalue weighted by Gasteiger charge is 2.29. The molecule has 2 aromatic carbocycles. The van der Waals surface area contributed by atoms with Crippen molar-refractivity contribution in [3.05, 3.63) is 53.0 Å². The van der Waals surface area contributed by atoms with E-state index in [0.717, 1.165) is 15.9 Å². The number of amides is 1. The summed E-state index contributed by atoms with van der Waals surface area (Å²) in [6, 6.07) is 14.2. The number of para-hydroxylation sites is 2. The summed E-state index contributed by atoms with van der Waals surface area (Å²) in [5.74, 6) is 0.618. The summed E-state index contributed by atoms with van der Waals surface area (Å²) in [7, 11) is -2.08. The molecule has 0 spiro atoms. The zero-order valence-corrected chi connectivity index (χ0v) is 19.5. The van der Waals surface area contributed by atoms with E-state index in [-0.39, 0.29) is 23.9 Å². The summed E-state index contributed by atoms with van der Waals surface area (Å²) in [4.78, 5) is 16.9. The topological polar surface area (TPSA) is 70.2 Å². The lowest BCUT2D eigenvalue weighted by atomic mass is 10.2. The lowest BCUT2D eigenvalue weighted by Crippen LogP contribution is -2.51. The number of halogens is 1. The van der Waals surface area contributed by atoms with Gasteiger partial charge in [-0.2, -0.15) is 4.31 Å². The largest absolute Gasteiger partial charge is 0.495 e. The number of sulfonamides is 1. The van der Waals surface area contributed by atoms with Crippen LogP contribution in [0.5, 0.6) is 5.75 Å². The maximum atomic E-state index is 12.9. The van der Waals surface area contributed by atoms with E-state index in [0.29, 0.717) is 26.2 Å². The van der Waals surface area contributed by atoms with E-state index in [2.05, 4.69) is 20.8 Å². The smallest absolute Gasteiger partial charge is 0.243 e. The maximum Gasteiger partial charge on any atom is 0.243 e. The average molecular weight is 496 g/mol. The highest BCUT2D eigenvalue weighted by molar-refractivity contribution is 9.10. The molecule has 0 aromatic heterocycles. The van der Waals surface area contributed by atoms with Gasteiger partial charge in [0.05, 0.1) is 24.2 Å². The summed E-state index contributed by atoms with van der Waals surface area (Å²) >= 11 is 3.31. The average Bonchev–Trinajstić information content (AvgIpc) is 2.77. The molecule has 0 radical (unpaired) electrons.